The largest absolute Gasteiger partial charge is 0.481 e. The smallest absolute Gasteiger partial charge is 0.305 e. The number of aromatic amines is 1. The van der Waals surface area contributed by atoms with E-state index in [0.29, 0.717) is 17.3 Å². The molecule has 0 aliphatic rings. The summed E-state index contributed by atoms with van der Waals surface area (Å²) in [5.74, 6) is -0.482. The number of aromatic nitrogens is 3. The van der Waals surface area contributed by atoms with Crippen LogP contribution in [0.1, 0.15) is 12.2 Å². The number of carbonyl (C=O) groups is 2. The van der Waals surface area contributed by atoms with E-state index in [9.17, 15) is 9.59 Å². The Kier molecular flexibility index (Phi) is 4.29. The van der Waals surface area contributed by atoms with Gasteiger partial charge in [0.1, 0.15) is 5.82 Å². The molecule has 5 N–H and O–H groups in total. The summed E-state index contributed by atoms with van der Waals surface area (Å²) in [5, 5.41) is 17.9. The molecule has 0 aliphatic heterocycles. The first-order valence-corrected chi connectivity index (χ1v) is 6.23. The van der Waals surface area contributed by atoms with Gasteiger partial charge in [-0.3, -0.25) is 14.7 Å². The third-order valence-electron chi connectivity index (χ3n) is 2.72. The van der Waals surface area contributed by atoms with Crippen LogP contribution in [0.4, 0.5) is 5.69 Å². The van der Waals surface area contributed by atoms with Crippen LogP contribution < -0.4 is 11.1 Å². The first-order chi connectivity index (χ1) is 9.95. The Balaban J connectivity index is 2.11. The molecule has 0 aliphatic carbocycles. The van der Waals surface area contributed by atoms with Crippen molar-refractivity contribution in [2.45, 2.75) is 19.4 Å². The van der Waals surface area contributed by atoms with Crippen LogP contribution in [0.3, 0.4) is 0 Å². The van der Waals surface area contributed by atoms with E-state index in [1.165, 1.54) is 0 Å². The summed E-state index contributed by atoms with van der Waals surface area (Å²) in [5.41, 5.74) is 6.72. The molecule has 1 unspecified atom stereocenters. The number of carboxylic acid groups (broad SMARTS) is 1. The molecule has 2 aromatic rings. The maximum Gasteiger partial charge on any atom is 0.305 e. The number of carbonyl (C=O) groups excluding carboxylic acids is 1. The second kappa shape index (κ2) is 6.14. The van der Waals surface area contributed by atoms with Gasteiger partial charge in [0, 0.05) is 11.3 Å². The maximum atomic E-state index is 11.8. The van der Waals surface area contributed by atoms with Crippen molar-refractivity contribution in [2.24, 2.45) is 5.73 Å². The number of aliphatic carboxylic acids is 1. The Morgan fingerprint density at radius 3 is 2.86 bits per heavy atom. The number of hydrogen-bond acceptors (Lipinski definition) is 5. The Hall–Kier alpha value is -2.74. The van der Waals surface area contributed by atoms with Gasteiger partial charge in [-0.25, -0.2) is 4.98 Å². The highest BCUT2D eigenvalue weighted by molar-refractivity contribution is 5.97. The number of benzene rings is 1. The van der Waals surface area contributed by atoms with E-state index >= 15 is 0 Å². The van der Waals surface area contributed by atoms with Crippen LogP contribution >= 0.6 is 0 Å². The average molecular weight is 289 g/mol. The Labute approximate surface area is 120 Å². The Morgan fingerprint density at radius 2 is 2.24 bits per heavy atom. The van der Waals surface area contributed by atoms with E-state index in [2.05, 4.69) is 20.5 Å². The molecular weight excluding hydrogens is 274 g/mol. The molecule has 1 atom stereocenters. The highest BCUT2D eigenvalue weighted by atomic mass is 16.4. The molecule has 0 saturated carbocycles. The van der Waals surface area contributed by atoms with Gasteiger partial charge in [-0.05, 0) is 19.1 Å². The summed E-state index contributed by atoms with van der Waals surface area (Å²) >= 11 is 0. The Bertz CT molecular complexity index is 667. The first kappa shape index (κ1) is 14.7. The maximum absolute atomic E-state index is 11.8. The van der Waals surface area contributed by atoms with E-state index in [0.717, 1.165) is 5.56 Å². The molecular formula is C13H15N5O3. The summed E-state index contributed by atoms with van der Waals surface area (Å²) < 4.78 is 0. The van der Waals surface area contributed by atoms with Gasteiger partial charge in [0.15, 0.2) is 5.82 Å². The minimum atomic E-state index is -1.12. The third kappa shape index (κ3) is 3.86. The number of nitrogens with zero attached hydrogens (tertiary/aromatic N) is 2. The molecule has 0 spiro atoms. The van der Waals surface area contributed by atoms with E-state index < -0.39 is 24.3 Å². The number of nitrogens with two attached hydrogens (primary N) is 1. The van der Waals surface area contributed by atoms with Gasteiger partial charge in [0.05, 0.1) is 12.5 Å². The van der Waals surface area contributed by atoms with Gasteiger partial charge < -0.3 is 16.2 Å². The Morgan fingerprint density at radius 1 is 1.48 bits per heavy atom. The van der Waals surface area contributed by atoms with Crippen molar-refractivity contribution in [1.82, 2.24) is 15.2 Å². The number of nitrogens with one attached hydrogen (secondary N) is 2. The van der Waals surface area contributed by atoms with E-state index in [-0.39, 0.29) is 0 Å². The van der Waals surface area contributed by atoms with Crippen molar-refractivity contribution < 1.29 is 14.7 Å². The fourth-order valence-corrected chi connectivity index (χ4v) is 1.72. The lowest BCUT2D eigenvalue weighted by atomic mass is 10.1. The summed E-state index contributed by atoms with van der Waals surface area (Å²) in [6.45, 7) is 1.78. The molecule has 110 valence electrons. The molecule has 8 heteroatoms. The van der Waals surface area contributed by atoms with Crippen LogP contribution in [0.15, 0.2) is 24.3 Å². The summed E-state index contributed by atoms with van der Waals surface area (Å²) in [4.78, 5) is 26.5. The lowest BCUT2D eigenvalue weighted by molar-refractivity contribution is -0.138. The number of amides is 1. The van der Waals surface area contributed by atoms with Gasteiger partial charge in [0.25, 0.3) is 0 Å². The number of H-pyrrole nitrogens is 1. The van der Waals surface area contributed by atoms with Crippen molar-refractivity contribution in [2.75, 3.05) is 5.32 Å². The van der Waals surface area contributed by atoms with Crippen LogP contribution in [-0.2, 0) is 9.59 Å². The van der Waals surface area contributed by atoms with Crippen molar-refractivity contribution >= 4 is 17.6 Å². The number of hydrogen-bond donors (Lipinski definition) is 4. The lowest BCUT2D eigenvalue weighted by Crippen LogP contribution is -2.37. The SMILES string of the molecule is Cc1nc(-c2cccc(NC(=O)C(N)CC(=O)O)c2)n[nH]1. The highest BCUT2D eigenvalue weighted by Crippen LogP contribution is 2.19. The average Bonchev–Trinajstić information content (AvgIpc) is 2.85. The first-order valence-electron chi connectivity index (χ1n) is 6.23. The zero-order valence-electron chi connectivity index (χ0n) is 11.3. The minimum Gasteiger partial charge on any atom is -0.481 e. The summed E-state index contributed by atoms with van der Waals surface area (Å²) in [7, 11) is 0. The van der Waals surface area contributed by atoms with Crippen LogP contribution in [0.2, 0.25) is 0 Å². The number of aryl methyl sites for hydroxylation is 1. The topological polar surface area (TPSA) is 134 Å². The van der Waals surface area contributed by atoms with Gasteiger partial charge in [-0.15, -0.1) is 0 Å². The fraction of sp³-hybridized carbons (Fsp3) is 0.231. The number of rotatable bonds is 5. The van der Waals surface area contributed by atoms with Crippen molar-refractivity contribution in [1.29, 1.82) is 0 Å². The molecule has 0 bridgehead atoms. The molecule has 21 heavy (non-hydrogen) atoms. The van der Waals surface area contributed by atoms with Gasteiger partial charge >= 0.3 is 5.97 Å². The molecule has 0 radical (unpaired) electrons. The van der Waals surface area contributed by atoms with Crippen LogP contribution in [-0.4, -0.2) is 38.2 Å². The minimum absolute atomic E-state index is 0.425. The van der Waals surface area contributed by atoms with Crippen molar-refractivity contribution in [3.05, 3.63) is 30.1 Å². The second-order valence-corrected chi connectivity index (χ2v) is 4.52. The monoisotopic (exact) mass is 289 g/mol. The van der Waals surface area contributed by atoms with Crippen LogP contribution in [0.25, 0.3) is 11.4 Å². The molecule has 8 nitrogen and oxygen atoms in total. The standard InChI is InChI=1S/C13H15N5O3/c1-7-15-12(18-17-7)8-3-2-4-9(5-8)16-13(21)10(14)6-11(19)20/h2-5,10H,6,14H2,1H3,(H,16,21)(H,19,20)(H,15,17,18). The van der Waals surface area contributed by atoms with Gasteiger partial charge in [-0.2, -0.15) is 5.10 Å². The summed E-state index contributed by atoms with van der Waals surface area (Å²) in [6, 6.07) is 5.80. The molecule has 1 heterocycles. The predicted octanol–water partition coefficient (Wildman–Crippen LogP) is 0.521. The van der Waals surface area contributed by atoms with Crippen LogP contribution in [0.5, 0.6) is 0 Å². The third-order valence-corrected chi connectivity index (χ3v) is 2.72. The van der Waals surface area contributed by atoms with E-state index in [1.807, 2.05) is 0 Å². The predicted molar refractivity (Wildman–Crippen MR) is 75.4 cm³/mol. The molecule has 2 rings (SSSR count). The second-order valence-electron chi connectivity index (χ2n) is 4.52. The fourth-order valence-electron chi connectivity index (χ4n) is 1.72. The molecule has 1 aromatic heterocycles. The van der Waals surface area contributed by atoms with Gasteiger partial charge in [0.2, 0.25) is 5.91 Å². The lowest BCUT2D eigenvalue weighted by Gasteiger charge is -2.10. The number of carboxylic acids is 1. The molecule has 1 amide bonds. The molecule has 1 aromatic carbocycles. The van der Waals surface area contributed by atoms with E-state index in [1.54, 1.807) is 31.2 Å². The van der Waals surface area contributed by atoms with E-state index in [4.69, 9.17) is 10.8 Å². The van der Waals surface area contributed by atoms with Crippen LogP contribution in [0, 0.1) is 6.92 Å². The van der Waals surface area contributed by atoms with Crippen molar-refractivity contribution in [3.8, 4) is 11.4 Å². The zero-order chi connectivity index (χ0) is 15.4. The highest BCUT2D eigenvalue weighted by Gasteiger charge is 2.17. The number of anilines is 1. The molecule has 0 saturated heterocycles. The normalized spacial score (nSPS) is 11.9. The summed E-state index contributed by atoms with van der Waals surface area (Å²) in [6.07, 6.45) is -0.425. The van der Waals surface area contributed by atoms with Crippen molar-refractivity contribution in [3.63, 3.8) is 0 Å². The zero-order valence-corrected chi connectivity index (χ0v) is 11.3. The van der Waals surface area contributed by atoms with Gasteiger partial charge in [-0.1, -0.05) is 12.1 Å². The quantitative estimate of drug-likeness (QED) is 0.634. The molecule has 0 fully saturated rings.